The zero-order valence-electron chi connectivity index (χ0n) is 14.4. The minimum Gasteiger partial charge on any atom is -0.459 e. The average molecular weight is 400 g/mol. The fourth-order valence-electron chi connectivity index (χ4n) is 2.89. The Labute approximate surface area is 160 Å². The molecule has 3 aromatic rings. The second-order valence-electron chi connectivity index (χ2n) is 6.12. The third-order valence-electron chi connectivity index (χ3n) is 4.26. The first-order valence-corrected chi connectivity index (χ1v) is 10.6. The lowest BCUT2D eigenvalue weighted by Crippen LogP contribution is -2.26. The van der Waals surface area contributed by atoms with E-state index in [4.69, 9.17) is 4.74 Å². The third kappa shape index (κ3) is 3.33. The van der Waals surface area contributed by atoms with Crippen LogP contribution in [0.5, 0.6) is 0 Å². The molecule has 0 fully saturated rings. The highest BCUT2D eigenvalue weighted by Crippen LogP contribution is 2.26. The molecule has 0 bridgehead atoms. The van der Waals surface area contributed by atoms with E-state index in [2.05, 4.69) is 9.71 Å². The summed E-state index contributed by atoms with van der Waals surface area (Å²) in [5.41, 5.74) is 1.40. The van der Waals surface area contributed by atoms with Crippen LogP contribution in [0, 0.1) is 0 Å². The Kier molecular flexibility index (Phi) is 4.45. The van der Waals surface area contributed by atoms with Gasteiger partial charge < -0.3 is 4.74 Å². The molecule has 2 aromatic carbocycles. The van der Waals surface area contributed by atoms with Crippen LogP contribution in [0.15, 0.2) is 63.8 Å². The predicted molar refractivity (Wildman–Crippen MR) is 104 cm³/mol. The van der Waals surface area contributed by atoms with Crippen molar-refractivity contribution in [3.05, 3.63) is 65.0 Å². The van der Waals surface area contributed by atoms with E-state index in [9.17, 15) is 13.2 Å². The molecule has 4 rings (SSSR count). The van der Waals surface area contributed by atoms with Gasteiger partial charge >= 0.3 is 5.97 Å². The maximum absolute atomic E-state index is 12.3. The molecule has 0 saturated carbocycles. The normalized spacial score (nSPS) is 17.4. The average Bonchev–Trinajstić information content (AvgIpc) is 3.19. The van der Waals surface area contributed by atoms with Crippen molar-refractivity contribution in [1.29, 1.82) is 0 Å². The number of fused-ring (bicyclic) bond motifs is 2. The van der Waals surface area contributed by atoms with E-state index < -0.39 is 22.0 Å². The Hall–Kier alpha value is -2.71. The fourth-order valence-corrected chi connectivity index (χ4v) is 5.08. The summed E-state index contributed by atoms with van der Waals surface area (Å²) in [6.07, 6.45) is 0. The van der Waals surface area contributed by atoms with Crippen molar-refractivity contribution in [2.24, 2.45) is 4.99 Å². The third-order valence-corrected chi connectivity index (χ3v) is 6.67. The number of esters is 1. The van der Waals surface area contributed by atoms with Gasteiger partial charge in [-0.25, -0.2) is 13.2 Å². The number of ether oxygens (including phenoxy) is 1. The van der Waals surface area contributed by atoms with Crippen LogP contribution < -0.4 is 4.72 Å². The Bertz CT molecular complexity index is 1170. The Balaban J connectivity index is 1.49. The molecular weight excluding hydrogens is 384 g/mol. The standard InChI is InChI=1S/C19H16N2O4S2/c1-12(20-18-15-7-3-5-9-17(15)27(23,24)21-18)19(22)25-10-13-11-26-16-8-4-2-6-14(13)16/h2-9,11-12H,10H2,1H3,(H,20,21)/t12-/m0/s1. The van der Waals surface area contributed by atoms with Gasteiger partial charge in [-0.15, -0.1) is 11.3 Å². The summed E-state index contributed by atoms with van der Waals surface area (Å²) in [4.78, 5) is 16.7. The second kappa shape index (κ2) is 6.79. The van der Waals surface area contributed by atoms with Crippen LogP contribution in [-0.2, 0) is 26.2 Å². The van der Waals surface area contributed by atoms with Gasteiger partial charge in [-0.05, 0) is 35.9 Å². The summed E-state index contributed by atoms with van der Waals surface area (Å²) >= 11 is 1.60. The summed E-state index contributed by atoms with van der Waals surface area (Å²) in [7, 11) is -3.63. The molecular formula is C19H16N2O4S2. The molecule has 1 aliphatic heterocycles. The number of hydrogen-bond acceptors (Lipinski definition) is 6. The highest BCUT2D eigenvalue weighted by Gasteiger charge is 2.31. The van der Waals surface area contributed by atoms with E-state index in [-0.39, 0.29) is 17.3 Å². The van der Waals surface area contributed by atoms with Crippen molar-refractivity contribution in [2.45, 2.75) is 24.5 Å². The van der Waals surface area contributed by atoms with E-state index >= 15 is 0 Å². The molecule has 27 heavy (non-hydrogen) atoms. The second-order valence-corrected chi connectivity index (χ2v) is 8.68. The maximum atomic E-state index is 12.3. The van der Waals surface area contributed by atoms with Gasteiger partial charge in [0.25, 0.3) is 10.0 Å². The number of rotatable bonds is 4. The van der Waals surface area contributed by atoms with Crippen LogP contribution in [0.25, 0.3) is 10.1 Å². The van der Waals surface area contributed by atoms with Gasteiger partial charge in [-0.1, -0.05) is 30.3 Å². The largest absolute Gasteiger partial charge is 0.459 e. The first-order chi connectivity index (χ1) is 13.0. The zero-order valence-corrected chi connectivity index (χ0v) is 16.0. The van der Waals surface area contributed by atoms with Crippen LogP contribution in [0.1, 0.15) is 18.1 Å². The fraction of sp³-hybridized carbons (Fsp3) is 0.158. The van der Waals surface area contributed by atoms with Gasteiger partial charge in [0.15, 0.2) is 0 Å². The number of carbonyl (C=O) groups is 1. The number of benzene rings is 2. The zero-order chi connectivity index (χ0) is 19.0. The van der Waals surface area contributed by atoms with Gasteiger partial charge in [0.05, 0.1) is 4.90 Å². The van der Waals surface area contributed by atoms with E-state index in [0.717, 1.165) is 15.6 Å². The first-order valence-electron chi connectivity index (χ1n) is 8.27. The van der Waals surface area contributed by atoms with Gasteiger partial charge in [-0.3, -0.25) is 9.71 Å². The topological polar surface area (TPSA) is 84.8 Å². The molecule has 0 amide bonds. The Morgan fingerprint density at radius 3 is 2.78 bits per heavy atom. The van der Waals surface area contributed by atoms with Crippen LogP contribution in [0.2, 0.25) is 0 Å². The monoisotopic (exact) mass is 400 g/mol. The smallest absolute Gasteiger partial charge is 0.330 e. The number of aliphatic imine (C=N–C) groups is 1. The Morgan fingerprint density at radius 2 is 1.93 bits per heavy atom. The molecule has 8 heteroatoms. The molecule has 0 radical (unpaired) electrons. The molecule has 6 nitrogen and oxygen atoms in total. The predicted octanol–water partition coefficient (Wildman–Crippen LogP) is 3.07. The SMILES string of the molecule is C[C@H](N=C1NS(=O)(=O)c2ccccc21)C(=O)OCc1csc2ccccc12. The van der Waals surface area contributed by atoms with Crippen LogP contribution in [0.3, 0.4) is 0 Å². The van der Waals surface area contributed by atoms with Gasteiger partial charge in [0, 0.05) is 15.8 Å². The molecule has 1 atom stereocenters. The highest BCUT2D eigenvalue weighted by molar-refractivity contribution is 7.90. The van der Waals surface area contributed by atoms with Crippen LogP contribution >= 0.6 is 11.3 Å². The lowest BCUT2D eigenvalue weighted by atomic mass is 10.2. The molecule has 1 N–H and O–H groups in total. The minimum atomic E-state index is -3.63. The van der Waals surface area contributed by atoms with Crippen molar-refractivity contribution in [1.82, 2.24) is 4.72 Å². The van der Waals surface area contributed by atoms with Crippen molar-refractivity contribution in [3.63, 3.8) is 0 Å². The number of carbonyl (C=O) groups excluding carboxylic acids is 1. The van der Waals surface area contributed by atoms with Crippen molar-refractivity contribution < 1.29 is 17.9 Å². The van der Waals surface area contributed by atoms with Crippen molar-refractivity contribution in [2.75, 3.05) is 0 Å². The van der Waals surface area contributed by atoms with E-state index in [0.29, 0.717) is 5.56 Å². The van der Waals surface area contributed by atoms with E-state index in [1.807, 2.05) is 29.6 Å². The lowest BCUT2D eigenvalue weighted by Gasteiger charge is -2.09. The van der Waals surface area contributed by atoms with E-state index in [1.165, 1.54) is 6.07 Å². The van der Waals surface area contributed by atoms with Crippen LogP contribution in [-0.4, -0.2) is 26.3 Å². The lowest BCUT2D eigenvalue weighted by molar-refractivity contribution is -0.145. The summed E-state index contributed by atoms with van der Waals surface area (Å²) in [5.74, 6) is -0.350. The quantitative estimate of drug-likeness (QED) is 0.682. The number of nitrogens with one attached hydrogen (secondary N) is 1. The summed E-state index contributed by atoms with van der Waals surface area (Å²) in [5, 5.41) is 3.03. The maximum Gasteiger partial charge on any atom is 0.330 e. The molecule has 0 unspecified atom stereocenters. The number of thiophene rings is 1. The number of amidine groups is 1. The highest BCUT2D eigenvalue weighted by atomic mass is 32.2. The Morgan fingerprint density at radius 1 is 1.19 bits per heavy atom. The van der Waals surface area contributed by atoms with Gasteiger partial charge in [0.2, 0.25) is 0 Å². The van der Waals surface area contributed by atoms with Gasteiger partial charge in [0.1, 0.15) is 18.5 Å². The summed E-state index contributed by atoms with van der Waals surface area (Å²) in [6, 6.07) is 13.6. The summed E-state index contributed by atoms with van der Waals surface area (Å²) in [6.45, 7) is 1.73. The molecule has 138 valence electrons. The molecule has 1 aromatic heterocycles. The molecule has 0 spiro atoms. The van der Waals surface area contributed by atoms with Crippen molar-refractivity contribution in [3.8, 4) is 0 Å². The molecule has 0 saturated heterocycles. The summed E-state index contributed by atoms with van der Waals surface area (Å²) < 4.78 is 33.1. The van der Waals surface area contributed by atoms with Gasteiger partial charge in [-0.2, -0.15) is 0 Å². The number of hydrogen-bond donors (Lipinski definition) is 1. The first kappa shape index (κ1) is 17.7. The minimum absolute atomic E-state index is 0.153. The molecule has 1 aliphatic rings. The molecule has 0 aliphatic carbocycles. The van der Waals surface area contributed by atoms with Crippen LogP contribution in [0.4, 0.5) is 0 Å². The number of nitrogens with zero attached hydrogens (tertiary/aromatic N) is 1. The van der Waals surface area contributed by atoms with Crippen molar-refractivity contribution >= 4 is 43.3 Å². The number of sulfonamides is 1. The molecule has 2 heterocycles. The van der Waals surface area contributed by atoms with E-state index in [1.54, 1.807) is 36.5 Å².